The van der Waals surface area contributed by atoms with Gasteiger partial charge in [0, 0.05) is 18.3 Å². The van der Waals surface area contributed by atoms with Crippen molar-refractivity contribution in [2.45, 2.75) is 13.0 Å². The smallest absolute Gasteiger partial charge is 0.408 e. The zero-order chi connectivity index (χ0) is 15.9. The van der Waals surface area contributed by atoms with E-state index in [1.807, 2.05) is 36.4 Å². The standard InChI is InChI=1S/C18H17N3O2/c22-18(23-13-14-5-2-1-3-6-14)20-9-4-7-15-11-16-8-10-19-17(16)21-12-15/h1-3,5-6,11-12H,8-10,13H2,(H,19,21)(H,20,22). The molecule has 1 amide bonds. The van der Waals surface area contributed by atoms with Crippen molar-refractivity contribution in [2.75, 3.05) is 18.4 Å². The summed E-state index contributed by atoms with van der Waals surface area (Å²) in [6.45, 7) is 1.42. The lowest BCUT2D eigenvalue weighted by atomic mass is 10.2. The number of carbonyl (C=O) groups is 1. The van der Waals surface area contributed by atoms with Gasteiger partial charge in [-0.05, 0) is 23.6 Å². The van der Waals surface area contributed by atoms with Crippen LogP contribution in [0.1, 0.15) is 16.7 Å². The van der Waals surface area contributed by atoms with Gasteiger partial charge in [-0.2, -0.15) is 0 Å². The number of ether oxygens (including phenoxy) is 1. The lowest BCUT2D eigenvalue weighted by Crippen LogP contribution is -2.24. The van der Waals surface area contributed by atoms with Gasteiger partial charge in [-0.25, -0.2) is 9.78 Å². The number of rotatable bonds is 3. The van der Waals surface area contributed by atoms with Crippen LogP contribution in [0.4, 0.5) is 10.6 Å². The number of nitrogens with zero attached hydrogens (tertiary/aromatic N) is 1. The highest BCUT2D eigenvalue weighted by molar-refractivity contribution is 5.67. The van der Waals surface area contributed by atoms with Gasteiger partial charge >= 0.3 is 6.09 Å². The molecule has 2 heterocycles. The minimum atomic E-state index is -0.473. The summed E-state index contributed by atoms with van der Waals surface area (Å²) in [5, 5.41) is 5.81. The predicted molar refractivity (Wildman–Crippen MR) is 87.9 cm³/mol. The first-order valence-electron chi connectivity index (χ1n) is 7.47. The lowest BCUT2D eigenvalue weighted by molar-refractivity contribution is 0.141. The van der Waals surface area contributed by atoms with E-state index < -0.39 is 6.09 Å². The molecule has 0 saturated carbocycles. The minimum Gasteiger partial charge on any atom is -0.445 e. The van der Waals surface area contributed by atoms with Crippen LogP contribution in [0.3, 0.4) is 0 Å². The molecule has 1 aromatic heterocycles. The van der Waals surface area contributed by atoms with E-state index in [4.69, 9.17) is 4.74 Å². The van der Waals surface area contributed by atoms with Crippen LogP contribution in [-0.4, -0.2) is 24.2 Å². The topological polar surface area (TPSA) is 63.2 Å². The van der Waals surface area contributed by atoms with Gasteiger partial charge in [0.15, 0.2) is 0 Å². The van der Waals surface area contributed by atoms with Crippen molar-refractivity contribution in [3.05, 3.63) is 59.3 Å². The van der Waals surface area contributed by atoms with Crippen LogP contribution in [0, 0.1) is 11.8 Å². The van der Waals surface area contributed by atoms with Crippen molar-refractivity contribution in [1.82, 2.24) is 10.3 Å². The van der Waals surface area contributed by atoms with Crippen molar-refractivity contribution in [2.24, 2.45) is 0 Å². The summed E-state index contributed by atoms with van der Waals surface area (Å²) in [5.41, 5.74) is 2.99. The fourth-order valence-electron chi connectivity index (χ4n) is 2.28. The van der Waals surface area contributed by atoms with Crippen molar-refractivity contribution in [3.63, 3.8) is 0 Å². The molecule has 5 nitrogen and oxygen atoms in total. The van der Waals surface area contributed by atoms with E-state index >= 15 is 0 Å². The fraction of sp³-hybridized carbons (Fsp3) is 0.222. The maximum absolute atomic E-state index is 11.6. The Morgan fingerprint density at radius 2 is 2.22 bits per heavy atom. The fourth-order valence-corrected chi connectivity index (χ4v) is 2.28. The number of aromatic nitrogens is 1. The van der Waals surface area contributed by atoms with Crippen LogP contribution in [0.25, 0.3) is 0 Å². The third-order valence-electron chi connectivity index (χ3n) is 3.42. The second kappa shape index (κ2) is 7.32. The summed E-state index contributed by atoms with van der Waals surface area (Å²) in [5.74, 6) is 6.84. The SMILES string of the molecule is O=C(NCC#Cc1cnc2c(c1)CCN2)OCc1ccccc1. The third kappa shape index (κ3) is 4.24. The number of hydrogen-bond acceptors (Lipinski definition) is 4. The van der Waals surface area contributed by atoms with Crippen molar-refractivity contribution >= 4 is 11.9 Å². The molecule has 2 N–H and O–H groups in total. The molecule has 0 aliphatic carbocycles. The molecule has 5 heteroatoms. The average Bonchev–Trinajstić information content (AvgIpc) is 3.05. The molecule has 0 fully saturated rings. The molecule has 3 rings (SSSR count). The van der Waals surface area contributed by atoms with Gasteiger partial charge in [0.25, 0.3) is 0 Å². The predicted octanol–water partition coefficient (Wildman–Crippen LogP) is 2.33. The minimum absolute atomic E-state index is 0.239. The second-order valence-corrected chi connectivity index (χ2v) is 5.13. The van der Waals surface area contributed by atoms with Crippen molar-refractivity contribution in [3.8, 4) is 11.8 Å². The van der Waals surface area contributed by atoms with Crippen LogP contribution >= 0.6 is 0 Å². The number of hydrogen-bond donors (Lipinski definition) is 2. The molecule has 23 heavy (non-hydrogen) atoms. The number of pyridine rings is 1. The number of amides is 1. The quantitative estimate of drug-likeness (QED) is 0.854. The molecular weight excluding hydrogens is 290 g/mol. The summed E-state index contributed by atoms with van der Waals surface area (Å²) in [6, 6.07) is 11.6. The first-order chi connectivity index (χ1) is 11.3. The number of fused-ring (bicyclic) bond motifs is 1. The van der Waals surface area contributed by atoms with E-state index in [0.29, 0.717) is 0 Å². The van der Waals surface area contributed by atoms with E-state index in [-0.39, 0.29) is 13.2 Å². The Hall–Kier alpha value is -3.00. The zero-order valence-corrected chi connectivity index (χ0v) is 12.6. The van der Waals surface area contributed by atoms with E-state index in [2.05, 4.69) is 27.5 Å². The largest absolute Gasteiger partial charge is 0.445 e. The molecule has 116 valence electrons. The molecule has 1 aliphatic rings. The van der Waals surface area contributed by atoms with Gasteiger partial charge in [0.05, 0.1) is 6.54 Å². The van der Waals surface area contributed by atoms with Crippen LogP contribution in [0.5, 0.6) is 0 Å². The molecule has 0 unspecified atom stereocenters. The number of benzene rings is 1. The maximum Gasteiger partial charge on any atom is 0.408 e. The molecule has 1 aromatic carbocycles. The third-order valence-corrected chi connectivity index (χ3v) is 3.42. The van der Waals surface area contributed by atoms with Gasteiger partial charge < -0.3 is 15.4 Å². The molecular formula is C18H17N3O2. The summed E-state index contributed by atoms with van der Waals surface area (Å²) in [6.07, 6.45) is 2.24. The summed E-state index contributed by atoms with van der Waals surface area (Å²) >= 11 is 0. The van der Waals surface area contributed by atoms with Crippen molar-refractivity contribution < 1.29 is 9.53 Å². The van der Waals surface area contributed by atoms with Crippen LogP contribution < -0.4 is 10.6 Å². The van der Waals surface area contributed by atoms with E-state index in [1.165, 1.54) is 5.56 Å². The van der Waals surface area contributed by atoms with Gasteiger partial charge in [0.1, 0.15) is 12.4 Å². The number of alkyl carbamates (subject to hydrolysis) is 1. The van der Waals surface area contributed by atoms with E-state index in [1.54, 1.807) is 6.20 Å². The normalized spacial score (nSPS) is 11.7. The van der Waals surface area contributed by atoms with E-state index in [9.17, 15) is 4.79 Å². The molecule has 0 spiro atoms. The summed E-state index contributed by atoms with van der Waals surface area (Å²) in [7, 11) is 0. The number of anilines is 1. The Bertz CT molecular complexity index is 748. The Morgan fingerprint density at radius 3 is 3.09 bits per heavy atom. The highest BCUT2D eigenvalue weighted by atomic mass is 16.5. The number of nitrogens with one attached hydrogen (secondary N) is 2. The molecule has 0 saturated heterocycles. The average molecular weight is 307 g/mol. The monoisotopic (exact) mass is 307 g/mol. The van der Waals surface area contributed by atoms with Crippen LogP contribution in [0.2, 0.25) is 0 Å². The Kier molecular flexibility index (Phi) is 4.75. The van der Waals surface area contributed by atoms with Gasteiger partial charge in [-0.3, -0.25) is 0 Å². The highest BCUT2D eigenvalue weighted by Crippen LogP contribution is 2.19. The Labute approximate surface area is 135 Å². The lowest BCUT2D eigenvalue weighted by Gasteiger charge is -2.04. The molecule has 1 aliphatic heterocycles. The molecule has 0 radical (unpaired) electrons. The van der Waals surface area contributed by atoms with Gasteiger partial charge in [-0.15, -0.1) is 0 Å². The molecule has 2 aromatic rings. The maximum atomic E-state index is 11.6. The summed E-state index contributed by atoms with van der Waals surface area (Å²) in [4.78, 5) is 15.9. The Morgan fingerprint density at radius 1 is 1.35 bits per heavy atom. The van der Waals surface area contributed by atoms with Gasteiger partial charge in [0.2, 0.25) is 0 Å². The number of carbonyl (C=O) groups excluding carboxylic acids is 1. The summed E-state index contributed by atoms with van der Waals surface area (Å²) < 4.78 is 5.10. The van der Waals surface area contributed by atoms with Gasteiger partial charge in [-0.1, -0.05) is 42.2 Å². The van der Waals surface area contributed by atoms with Crippen LogP contribution in [0.15, 0.2) is 42.6 Å². The molecule has 0 atom stereocenters. The zero-order valence-electron chi connectivity index (χ0n) is 12.6. The first kappa shape index (κ1) is 14.9. The van der Waals surface area contributed by atoms with Crippen molar-refractivity contribution in [1.29, 1.82) is 0 Å². The van der Waals surface area contributed by atoms with E-state index in [0.717, 1.165) is 29.9 Å². The first-order valence-corrected chi connectivity index (χ1v) is 7.47. The molecule has 0 bridgehead atoms. The Balaban J connectivity index is 1.43. The van der Waals surface area contributed by atoms with Crippen LogP contribution in [-0.2, 0) is 17.8 Å². The highest BCUT2D eigenvalue weighted by Gasteiger charge is 2.10. The second-order valence-electron chi connectivity index (χ2n) is 5.13.